The van der Waals surface area contributed by atoms with Crippen molar-refractivity contribution < 1.29 is 4.79 Å². The summed E-state index contributed by atoms with van der Waals surface area (Å²) in [6, 6.07) is 8.65. The normalized spacial score (nSPS) is 18.3. The van der Waals surface area contributed by atoms with Crippen LogP contribution in [0.25, 0.3) is 10.6 Å². The predicted molar refractivity (Wildman–Crippen MR) is 111 cm³/mol. The van der Waals surface area contributed by atoms with Crippen molar-refractivity contribution in [2.75, 3.05) is 13.1 Å². The quantitative estimate of drug-likeness (QED) is 0.837. The standard InChI is InChI=1S/C20H27N3OS.ClH/c1-3-15-6-8-16(9-7-15)20-22-18(13-25-20)11-19(24)23-10-4-5-17(12-23)14(2)21;/h6-9,13-14,17H,3-5,10-12,21H2,1-2H3;1H. The fraction of sp³-hybridized carbons (Fsp3) is 0.500. The molecule has 1 fully saturated rings. The van der Waals surface area contributed by atoms with Gasteiger partial charge in [0.05, 0.1) is 12.1 Å². The highest BCUT2D eigenvalue weighted by Gasteiger charge is 2.26. The van der Waals surface area contributed by atoms with Crippen LogP contribution in [0.5, 0.6) is 0 Å². The summed E-state index contributed by atoms with van der Waals surface area (Å²) in [4.78, 5) is 19.3. The molecule has 26 heavy (non-hydrogen) atoms. The van der Waals surface area contributed by atoms with Crippen LogP contribution in [0.1, 0.15) is 37.9 Å². The Labute approximate surface area is 166 Å². The zero-order valence-corrected chi connectivity index (χ0v) is 17.1. The van der Waals surface area contributed by atoms with Crippen molar-refractivity contribution in [1.82, 2.24) is 9.88 Å². The van der Waals surface area contributed by atoms with E-state index in [1.54, 1.807) is 11.3 Å². The van der Waals surface area contributed by atoms with Gasteiger partial charge in [0.1, 0.15) is 5.01 Å². The first-order chi connectivity index (χ1) is 12.1. The summed E-state index contributed by atoms with van der Waals surface area (Å²) in [5, 5.41) is 2.99. The second-order valence-corrected chi connectivity index (χ2v) is 7.83. The van der Waals surface area contributed by atoms with E-state index in [2.05, 4.69) is 36.2 Å². The zero-order valence-electron chi connectivity index (χ0n) is 15.5. The van der Waals surface area contributed by atoms with Gasteiger partial charge in [-0.05, 0) is 37.7 Å². The fourth-order valence-corrected chi connectivity index (χ4v) is 4.16. The molecule has 0 aliphatic carbocycles. The zero-order chi connectivity index (χ0) is 17.8. The molecular weight excluding hydrogens is 366 g/mol. The summed E-state index contributed by atoms with van der Waals surface area (Å²) in [7, 11) is 0. The molecule has 0 saturated carbocycles. The van der Waals surface area contributed by atoms with Crippen molar-refractivity contribution in [3.8, 4) is 10.6 Å². The number of thiazole rings is 1. The number of rotatable bonds is 5. The van der Waals surface area contributed by atoms with Gasteiger partial charge >= 0.3 is 0 Å². The minimum Gasteiger partial charge on any atom is -0.342 e. The number of piperidine rings is 1. The second kappa shape index (κ2) is 9.49. The van der Waals surface area contributed by atoms with E-state index in [-0.39, 0.29) is 24.4 Å². The molecule has 4 nitrogen and oxygen atoms in total. The topological polar surface area (TPSA) is 59.2 Å². The van der Waals surface area contributed by atoms with Crippen LogP contribution < -0.4 is 5.73 Å². The predicted octanol–water partition coefficient (Wildman–Crippen LogP) is 3.92. The average Bonchev–Trinajstić information content (AvgIpc) is 3.10. The maximum atomic E-state index is 12.6. The number of amides is 1. The molecule has 1 aromatic heterocycles. The SMILES string of the molecule is CCc1ccc(-c2nc(CC(=O)N3CCCC(C(C)N)C3)cs2)cc1.Cl. The molecule has 0 bridgehead atoms. The Morgan fingerprint density at radius 1 is 1.38 bits per heavy atom. The van der Waals surface area contributed by atoms with E-state index < -0.39 is 0 Å². The Kier molecular flexibility index (Phi) is 7.62. The van der Waals surface area contributed by atoms with E-state index in [0.29, 0.717) is 12.3 Å². The van der Waals surface area contributed by atoms with Gasteiger partial charge in [0.2, 0.25) is 5.91 Å². The smallest absolute Gasteiger partial charge is 0.228 e. The van der Waals surface area contributed by atoms with E-state index in [9.17, 15) is 4.79 Å². The number of aromatic nitrogens is 1. The van der Waals surface area contributed by atoms with Crippen molar-refractivity contribution in [3.05, 3.63) is 40.9 Å². The van der Waals surface area contributed by atoms with Gasteiger partial charge in [-0.15, -0.1) is 23.7 Å². The number of hydrogen-bond acceptors (Lipinski definition) is 4. The molecule has 1 aliphatic heterocycles. The molecule has 2 aromatic rings. The first-order valence-corrected chi connectivity index (χ1v) is 10.0. The molecule has 3 rings (SSSR count). The van der Waals surface area contributed by atoms with E-state index in [1.165, 1.54) is 5.56 Å². The molecule has 0 spiro atoms. The van der Waals surface area contributed by atoms with E-state index >= 15 is 0 Å². The molecule has 1 aliphatic rings. The van der Waals surface area contributed by atoms with E-state index in [0.717, 1.165) is 48.6 Å². The number of aryl methyl sites for hydroxylation is 1. The van der Waals surface area contributed by atoms with Gasteiger partial charge in [-0.3, -0.25) is 4.79 Å². The number of hydrogen-bond donors (Lipinski definition) is 1. The third-order valence-electron chi connectivity index (χ3n) is 5.05. The number of nitrogens with zero attached hydrogens (tertiary/aromatic N) is 2. The van der Waals surface area contributed by atoms with Crippen molar-refractivity contribution >= 4 is 29.7 Å². The van der Waals surface area contributed by atoms with Crippen LogP contribution in [0.4, 0.5) is 0 Å². The maximum Gasteiger partial charge on any atom is 0.228 e. The lowest BCUT2D eigenvalue weighted by Crippen LogP contribution is -2.45. The number of carbonyl (C=O) groups excluding carboxylic acids is 1. The number of carbonyl (C=O) groups is 1. The van der Waals surface area contributed by atoms with Gasteiger partial charge < -0.3 is 10.6 Å². The number of nitrogens with two attached hydrogens (primary N) is 1. The molecule has 6 heteroatoms. The summed E-state index contributed by atoms with van der Waals surface area (Å²) in [6.07, 6.45) is 3.59. The average molecular weight is 394 g/mol. The molecular formula is C20H28ClN3OS. The molecule has 2 unspecified atom stereocenters. The number of benzene rings is 1. The van der Waals surface area contributed by atoms with E-state index in [1.807, 2.05) is 17.2 Å². The third-order valence-corrected chi connectivity index (χ3v) is 5.99. The molecule has 142 valence electrons. The first kappa shape index (κ1) is 20.9. The molecule has 1 saturated heterocycles. The number of likely N-dealkylation sites (tertiary alicyclic amines) is 1. The molecule has 2 heterocycles. The van der Waals surface area contributed by atoms with Gasteiger partial charge in [-0.25, -0.2) is 4.98 Å². The Bertz CT molecular complexity index is 714. The Morgan fingerprint density at radius 3 is 2.77 bits per heavy atom. The van der Waals surface area contributed by atoms with E-state index in [4.69, 9.17) is 5.73 Å². The van der Waals surface area contributed by atoms with Gasteiger partial charge in [-0.2, -0.15) is 0 Å². The highest BCUT2D eigenvalue weighted by Crippen LogP contribution is 2.25. The fourth-order valence-electron chi connectivity index (χ4n) is 3.34. The van der Waals surface area contributed by atoms with Crippen LogP contribution >= 0.6 is 23.7 Å². The summed E-state index contributed by atoms with van der Waals surface area (Å²) in [5.41, 5.74) is 9.33. The van der Waals surface area contributed by atoms with Crippen molar-refractivity contribution in [1.29, 1.82) is 0 Å². The number of halogens is 1. The third kappa shape index (κ3) is 5.06. The van der Waals surface area contributed by atoms with Gasteiger partial charge in [0, 0.05) is 30.1 Å². The summed E-state index contributed by atoms with van der Waals surface area (Å²) in [5.74, 6) is 0.587. The van der Waals surface area contributed by atoms with Crippen molar-refractivity contribution in [2.24, 2.45) is 11.7 Å². The van der Waals surface area contributed by atoms with Crippen molar-refractivity contribution in [2.45, 2.75) is 45.6 Å². The van der Waals surface area contributed by atoms with Gasteiger partial charge in [0.15, 0.2) is 0 Å². The van der Waals surface area contributed by atoms with Gasteiger partial charge in [-0.1, -0.05) is 31.2 Å². The van der Waals surface area contributed by atoms with Gasteiger partial charge in [0.25, 0.3) is 0 Å². The first-order valence-electron chi connectivity index (χ1n) is 9.14. The van der Waals surface area contributed by atoms with Crippen LogP contribution in [-0.4, -0.2) is 34.9 Å². The molecule has 2 N–H and O–H groups in total. The monoisotopic (exact) mass is 393 g/mol. The Hall–Kier alpha value is -1.43. The lowest BCUT2D eigenvalue weighted by Gasteiger charge is -2.34. The van der Waals surface area contributed by atoms with Crippen LogP contribution in [0.3, 0.4) is 0 Å². The van der Waals surface area contributed by atoms with Crippen molar-refractivity contribution in [3.63, 3.8) is 0 Å². The minimum absolute atomic E-state index is 0. The highest BCUT2D eigenvalue weighted by atomic mass is 35.5. The second-order valence-electron chi connectivity index (χ2n) is 6.97. The summed E-state index contributed by atoms with van der Waals surface area (Å²) >= 11 is 1.61. The van der Waals surface area contributed by atoms with Crippen LogP contribution in [-0.2, 0) is 17.6 Å². The summed E-state index contributed by atoms with van der Waals surface area (Å²) in [6.45, 7) is 5.82. The largest absolute Gasteiger partial charge is 0.342 e. The highest BCUT2D eigenvalue weighted by molar-refractivity contribution is 7.13. The van der Waals surface area contributed by atoms with Crippen LogP contribution in [0, 0.1) is 5.92 Å². The Morgan fingerprint density at radius 2 is 2.12 bits per heavy atom. The molecule has 1 aromatic carbocycles. The lowest BCUT2D eigenvalue weighted by atomic mass is 9.92. The molecule has 2 atom stereocenters. The lowest BCUT2D eigenvalue weighted by molar-refractivity contribution is -0.132. The van der Waals surface area contributed by atoms with Crippen LogP contribution in [0.15, 0.2) is 29.6 Å². The summed E-state index contributed by atoms with van der Waals surface area (Å²) < 4.78 is 0. The Balaban J connectivity index is 0.00000243. The molecule has 1 amide bonds. The van der Waals surface area contributed by atoms with Crippen LogP contribution in [0.2, 0.25) is 0 Å². The minimum atomic E-state index is 0. The molecule has 0 radical (unpaired) electrons. The maximum absolute atomic E-state index is 12.6.